The lowest BCUT2D eigenvalue weighted by Crippen LogP contribution is -2.37. The van der Waals surface area contributed by atoms with Gasteiger partial charge in [-0.05, 0) is 65.7 Å². The van der Waals surface area contributed by atoms with Gasteiger partial charge in [0.05, 0.1) is 54.5 Å². The minimum Gasteiger partial charge on any atom is -0.406 e. The van der Waals surface area contributed by atoms with Gasteiger partial charge in [0.2, 0.25) is 11.9 Å². The number of benzene rings is 4. The van der Waals surface area contributed by atoms with E-state index in [1.54, 1.807) is 53.4 Å². The van der Waals surface area contributed by atoms with Crippen LogP contribution in [-0.4, -0.2) is 70.1 Å². The van der Waals surface area contributed by atoms with Gasteiger partial charge in [-0.25, -0.2) is 34.3 Å². The average Bonchev–Trinajstić information content (AvgIpc) is 3.34. The zero-order valence-corrected chi connectivity index (χ0v) is 35.8. The molecule has 4 aromatic heterocycles. The summed E-state index contributed by atoms with van der Waals surface area (Å²) in [6.07, 6.45) is -4.06. The third kappa shape index (κ3) is 9.86. The van der Waals surface area contributed by atoms with Crippen LogP contribution in [0.25, 0.3) is 22.8 Å². The van der Waals surface area contributed by atoms with Crippen LogP contribution >= 0.6 is 0 Å². The maximum atomic E-state index is 13.9. The number of aromatic nitrogens is 8. The number of carbonyl (C=O) groups is 2. The summed E-state index contributed by atoms with van der Waals surface area (Å²) >= 11 is 0. The number of nitrogens with zero attached hydrogens (tertiary/aromatic N) is 10. The normalized spacial score (nSPS) is 12.7. The molecule has 0 fully saturated rings. The van der Waals surface area contributed by atoms with E-state index in [-0.39, 0.29) is 48.3 Å². The van der Waals surface area contributed by atoms with E-state index in [0.29, 0.717) is 46.2 Å². The zero-order valence-electron chi connectivity index (χ0n) is 35.8. The van der Waals surface area contributed by atoms with Crippen molar-refractivity contribution in [2.24, 2.45) is 0 Å². The van der Waals surface area contributed by atoms with Gasteiger partial charge in [-0.2, -0.15) is 13.2 Å². The molecule has 4 aromatic carbocycles. The summed E-state index contributed by atoms with van der Waals surface area (Å²) in [7, 11) is 0. The number of alkyl halides is 6. The number of ether oxygens (including phenoxy) is 1. The number of rotatable bonds is 9. The largest absolute Gasteiger partial charge is 0.573 e. The highest BCUT2D eigenvalue weighted by molar-refractivity contribution is 6.01. The molecule has 0 N–H and O–H groups in total. The second-order valence-electron chi connectivity index (χ2n) is 15.5. The van der Waals surface area contributed by atoms with E-state index in [0.717, 1.165) is 23.8 Å². The van der Waals surface area contributed by atoms with Crippen LogP contribution in [-0.2, 0) is 19.3 Å². The first-order valence-corrected chi connectivity index (χ1v) is 20.8. The Kier molecular flexibility index (Phi) is 12.3. The van der Waals surface area contributed by atoms with Gasteiger partial charge in [-0.15, -0.1) is 13.2 Å². The number of hydrogen-bond acceptors (Lipinski definition) is 13. The van der Waals surface area contributed by atoms with Crippen molar-refractivity contribution in [3.05, 3.63) is 195 Å². The van der Waals surface area contributed by atoms with Gasteiger partial charge < -0.3 is 14.5 Å². The van der Waals surface area contributed by atoms with Crippen LogP contribution in [0, 0.1) is 5.82 Å². The lowest BCUT2D eigenvalue weighted by atomic mass is 10.0. The summed E-state index contributed by atoms with van der Waals surface area (Å²) in [4.78, 5) is 80.3. The van der Waals surface area contributed by atoms with E-state index < -0.39 is 58.9 Å². The second kappa shape index (κ2) is 18.6. The highest BCUT2D eigenvalue weighted by Gasteiger charge is 2.34. The lowest BCUT2D eigenvalue weighted by molar-refractivity contribution is -0.274. The third-order valence-electron chi connectivity index (χ3n) is 10.9. The molecule has 0 unspecified atom stereocenters. The highest BCUT2D eigenvalue weighted by atomic mass is 19.4. The van der Waals surface area contributed by atoms with Crippen molar-refractivity contribution in [3.63, 3.8) is 0 Å². The fourth-order valence-electron chi connectivity index (χ4n) is 7.78. The Morgan fingerprint density at radius 3 is 1.57 bits per heavy atom. The molecule has 2 aliphatic rings. The van der Waals surface area contributed by atoms with Gasteiger partial charge in [-0.1, -0.05) is 48.5 Å². The van der Waals surface area contributed by atoms with Gasteiger partial charge in [0.25, 0.3) is 11.1 Å². The van der Waals surface area contributed by atoms with Gasteiger partial charge in [0, 0.05) is 47.0 Å². The molecule has 10 rings (SSSR count). The van der Waals surface area contributed by atoms with Gasteiger partial charge in [-0.3, -0.25) is 28.3 Å². The molecule has 8 aromatic rings. The minimum atomic E-state index is -4.88. The number of fused-ring (bicyclic) bond motifs is 4. The molecule has 6 heterocycles. The van der Waals surface area contributed by atoms with E-state index in [2.05, 4.69) is 34.6 Å². The number of ketones is 2. The molecule has 22 heteroatoms. The van der Waals surface area contributed by atoms with Crippen LogP contribution in [0.3, 0.4) is 0 Å². The maximum absolute atomic E-state index is 13.9. The van der Waals surface area contributed by atoms with Crippen molar-refractivity contribution in [1.82, 2.24) is 39.0 Å². The smallest absolute Gasteiger partial charge is 0.406 e. The van der Waals surface area contributed by atoms with Crippen LogP contribution < -0.4 is 25.7 Å². The first kappa shape index (κ1) is 46.2. The number of carbonyl (C=O) groups excluding carboxylic acids is 2. The zero-order chi connectivity index (χ0) is 49.3. The molecule has 0 saturated carbocycles. The Morgan fingerprint density at radius 2 is 1.09 bits per heavy atom. The predicted molar refractivity (Wildman–Crippen MR) is 237 cm³/mol. The van der Waals surface area contributed by atoms with Gasteiger partial charge in [0.15, 0.2) is 11.6 Å². The van der Waals surface area contributed by atoms with Gasteiger partial charge in [0.1, 0.15) is 24.2 Å². The van der Waals surface area contributed by atoms with E-state index in [1.165, 1.54) is 63.3 Å². The predicted octanol–water partition coefficient (Wildman–Crippen LogP) is 8.22. The number of para-hydroxylation sites is 2. The van der Waals surface area contributed by atoms with E-state index in [1.807, 2.05) is 12.1 Å². The Bertz CT molecular complexity index is 3430. The molecule has 0 radical (unpaired) electrons. The van der Waals surface area contributed by atoms with Crippen molar-refractivity contribution in [3.8, 4) is 28.5 Å². The molecular weight excluding hydrogens is 930 g/mol. The number of hydrogen-bond donors (Lipinski definition) is 0. The third-order valence-corrected chi connectivity index (χ3v) is 10.9. The van der Waals surface area contributed by atoms with E-state index >= 15 is 0 Å². The first-order chi connectivity index (χ1) is 33.5. The van der Waals surface area contributed by atoms with Crippen LogP contribution in [0.15, 0.2) is 150 Å². The standard InChI is InChI=1S/C24H15F4N5O2.C24H16F3N5O3/c25-17-8-15(7-16(9-17)24(26,27)28)21(34)12-32-20-4-2-1-3-14(20)11-33-22(35)10-19(31-23(32)33)18-5-6-29-13-30-18;25-24(26,27)35-17-6-3-5-15(10-17)21(33)13-31-20-7-2-1-4-16(20)12-32-22(34)11-19(30-23(31)32)18-8-9-28-14-29-18/h1-10,13H,11-12H2;1-11,14H,12-13H2. The SMILES string of the molecule is O=C(CN1c2ccccc2Cn2c1nc(-c1ccncn1)cc2=O)c1cc(F)cc(C(F)(F)F)c1.O=C(CN1c2ccccc2Cn2c1nc(-c1ccncn1)cc2=O)c1cccc(OC(F)(F)F)c1. The molecule has 0 spiro atoms. The fraction of sp³-hybridized carbons (Fsp3) is 0.125. The van der Waals surface area contributed by atoms with E-state index in [9.17, 15) is 49.9 Å². The minimum absolute atomic E-state index is 0.0238. The van der Waals surface area contributed by atoms with Crippen LogP contribution in [0.2, 0.25) is 0 Å². The lowest BCUT2D eigenvalue weighted by Gasteiger charge is -2.32. The number of anilines is 4. The Hall–Kier alpha value is -8.95. The molecule has 352 valence electrons. The molecule has 70 heavy (non-hydrogen) atoms. The average molecular weight is 961 g/mol. The van der Waals surface area contributed by atoms with Crippen molar-refractivity contribution in [1.29, 1.82) is 0 Å². The van der Waals surface area contributed by atoms with Crippen LogP contribution in [0.4, 0.5) is 54.0 Å². The summed E-state index contributed by atoms with van der Waals surface area (Å²) in [5.74, 6) is -2.60. The molecule has 0 saturated heterocycles. The van der Waals surface area contributed by atoms with Crippen LogP contribution in [0.1, 0.15) is 37.4 Å². The molecule has 0 atom stereocenters. The maximum Gasteiger partial charge on any atom is 0.573 e. The Labute approximate surface area is 389 Å². The fourth-order valence-corrected chi connectivity index (χ4v) is 7.78. The van der Waals surface area contributed by atoms with Gasteiger partial charge >= 0.3 is 12.5 Å². The molecule has 15 nitrogen and oxygen atoms in total. The summed E-state index contributed by atoms with van der Waals surface area (Å²) in [6, 6.07) is 26.6. The molecule has 0 aliphatic carbocycles. The highest BCUT2D eigenvalue weighted by Crippen LogP contribution is 2.36. The van der Waals surface area contributed by atoms with Crippen molar-refractivity contribution in [2.45, 2.75) is 25.6 Å². The number of halogens is 7. The molecule has 0 amide bonds. The summed E-state index contributed by atoms with van der Waals surface area (Å²) in [5.41, 5.74) is 1.66. The Morgan fingerprint density at radius 1 is 0.571 bits per heavy atom. The number of Topliss-reactive ketones (excluding diaryl/α,β-unsaturated/α-hetero) is 2. The molecular formula is C48H31F7N10O5. The summed E-state index contributed by atoms with van der Waals surface area (Å²) in [5, 5.41) is 0. The summed E-state index contributed by atoms with van der Waals surface area (Å²) < 4.78 is 98.0. The topological polar surface area (TPSA) is 171 Å². The van der Waals surface area contributed by atoms with Crippen molar-refractivity contribution in [2.75, 3.05) is 22.9 Å². The quantitative estimate of drug-likeness (QED) is 0.100. The van der Waals surface area contributed by atoms with Crippen LogP contribution in [0.5, 0.6) is 5.75 Å². The summed E-state index contributed by atoms with van der Waals surface area (Å²) in [6.45, 7) is -0.311. The second-order valence-corrected chi connectivity index (χ2v) is 15.5. The monoisotopic (exact) mass is 960 g/mol. The molecule has 0 bridgehead atoms. The van der Waals surface area contributed by atoms with E-state index in [4.69, 9.17) is 0 Å². The first-order valence-electron chi connectivity index (χ1n) is 20.8. The van der Waals surface area contributed by atoms with Crippen molar-refractivity contribution >= 4 is 34.8 Å². The molecule has 2 aliphatic heterocycles. The van der Waals surface area contributed by atoms with Crippen molar-refractivity contribution < 1.29 is 45.1 Å². The Balaban J connectivity index is 0.000000174.